The molecule has 0 fully saturated rings. The lowest BCUT2D eigenvalue weighted by atomic mass is 9.92. The summed E-state index contributed by atoms with van der Waals surface area (Å²) in [5, 5.41) is 2.69. The number of methoxy groups -OCH3 is 2. The number of hydrogen-bond acceptors (Lipinski definition) is 5. The van der Waals surface area contributed by atoms with Gasteiger partial charge >= 0.3 is 0 Å². The van der Waals surface area contributed by atoms with Gasteiger partial charge in [-0.3, -0.25) is 14.6 Å². The molecule has 0 unspecified atom stereocenters. The molecule has 1 amide bonds. The molecule has 0 bridgehead atoms. The van der Waals surface area contributed by atoms with Crippen LogP contribution in [0.15, 0.2) is 41.4 Å². The normalized spacial score (nSPS) is 12.6. The summed E-state index contributed by atoms with van der Waals surface area (Å²) in [6.07, 6.45) is 1.01. The molecule has 0 aliphatic carbocycles. The highest BCUT2D eigenvalue weighted by Crippen LogP contribution is 2.33. The Morgan fingerprint density at radius 3 is 2.37 bits per heavy atom. The van der Waals surface area contributed by atoms with Gasteiger partial charge < -0.3 is 14.8 Å². The van der Waals surface area contributed by atoms with E-state index < -0.39 is 0 Å². The number of aliphatic imine (C=N–C) groups is 1. The van der Waals surface area contributed by atoms with E-state index in [2.05, 4.69) is 10.3 Å². The highest BCUT2D eigenvalue weighted by molar-refractivity contribution is 6.17. The smallest absolute Gasteiger partial charge is 0.221 e. The van der Waals surface area contributed by atoms with Crippen LogP contribution in [0.2, 0.25) is 0 Å². The van der Waals surface area contributed by atoms with Crippen LogP contribution in [0.5, 0.6) is 11.5 Å². The monoisotopic (exact) mass is 366 g/mol. The van der Waals surface area contributed by atoms with Gasteiger partial charge in [-0.1, -0.05) is 0 Å². The van der Waals surface area contributed by atoms with Crippen molar-refractivity contribution >= 4 is 23.1 Å². The molecule has 0 radical (unpaired) electrons. The fourth-order valence-electron chi connectivity index (χ4n) is 3.14. The predicted octanol–water partition coefficient (Wildman–Crippen LogP) is 3.28. The summed E-state index contributed by atoms with van der Waals surface area (Å²) in [7, 11) is 3.20. The number of carbonyl (C=O) groups excluding carboxylic acids is 2. The number of ether oxygens (including phenoxy) is 2. The number of ketones is 1. The van der Waals surface area contributed by atoms with Crippen LogP contribution in [0, 0.1) is 0 Å². The van der Waals surface area contributed by atoms with E-state index in [-0.39, 0.29) is 18.1 Å². The maximum atomic E-state index is 12.7. The van der Waals surface area contributed by atoms with Crippen LogP contribution in [-0.4, -0.2) is 38.2 Å². The van der Waals surface area contributed by atoms with Gasteiger partial charge in [0.1, 0.15) is 0 Å². The molecule has 0 saturated carbocycles. The quantitative estimate of drug-likeness (QED) is 0.796. The minimum absolute atomic E-state index is 0.0224. The molecule has 6 nitrogen and oxygen atoms in total. The van der Waals surface area contributed by atoms with Crippen molar-refractivity contribution in [3.63, 3.8) is 0 Å². The lowest BCUT2D eigenvalue weighted by molar-refractivity contribution is -0.114. The maximum absolute atomic E-state index is 12.7. The van der Waals surface area contributed by atoms with Crippen LogP contribution in [-0.2, 0) is 11.2 Å². The third kappa shape index (κ3) is 4.16. The first kappa shape index (κ1) is 18.6. The maximum Gasteiger partial charge on any atom is 0.221 e. The minimum Gasteiger partial charge on any atom is -0.493 e. The molecule has 1 N–H and O–H groups in total. The first-order valence-corrected chi connectivity index (χ1v) is 8.71. The summed E-state index contributed by atoms with van der Waals surface area (Å²) in [6, 6.07) is 10.7. The number of hydrogen-bond donors (Lipinski definition) is 1. The van der Waals surface area contributed by atoms with Crippen molar-refractivity contribution in [2.24, 2.45) is 4.99 Å². The van der Waals surface area contributed by atoms with Gasteiger partial charge in [0.25, 0.3) is 0 Å². The average Bonchev–Trinajstić information content (AvgIpc) is 2.67. The van der Waals surface area contributed by atoms with Crippen LogP contribution in [0.4, 0.5) is 5.69 Å². The second kappa shape index (κ2) is 8.03. The number of amides is 1. The van der Waals surface area contributed by atoms with Crippen LogP contribution in [0.25, 0.3) is 0 Å². The van der Waals surface area contributed by atoms with Gasteiger partial charge in [-0.15, -0.1) is 0 Å². The number of nitrogens with one attached hydrogen (secondary N) is 1. The number of benzene rings is 2. The molecule has 2 aromatic carbocycles. The van der Waals surface area contributed by atoms with Gasteiger partial charge in [-0.05, 0) is 48.4 Å². The summed E-state index contributed by atoms with van der Waals surface area (Å²) in [5.41, 5.74) is 4.04. The fraction of sp³-hybridized carbons (Fsp3) is 0.286. The summed E-state index contributed by atoms with van der Waals surface area (Å²) in [5.74, 6) is 1.13. The Morgan fingerprint density at radius 1 is 1.07 bits per heavy atom. The second-order valence-corrected chi connectivity index (χ2v) is 6.30. The number of anilines is 1. The van der Waals surface area contributed by atoms with Gasteiger partial charge in [0, 0.05) is 30.3 Å². The van der Waals surface area contributed by atoms with E-state index in [1.807, 2.05) is 12.1 Å². The van der Waals surface area contributed by atoms with Crippen molar-refractivity contribution in [1.82, 2.24) is 0 Å². The Morgan fingerprint density at radius 2 is 1.74 bits per heavy atom. The van der Waals surface area contributed by atoms with E-state index in [4.69, 9.17) is 9.47 Å². The highest BCUT2D eigenvalue weighted by atomic mass is 16.5. The molecular weight excluding hydrogens is 344 g/mol. The van der Waals surface area contributed by atoms with E-state index >= 15 is 0 Å². The first-order valence-electron chi connectivity index (χ1n) is 8.71. The molecule has 0 aromatic heterocycles. The second-order valence-electron chi connectivity index (χ2n) is 6.30. The summed E-state index contributed by atoms with van der Waals surface area (Å²) < 4.78 is 10.8. The molecule has 6 heteroatoms. The largest absolute Gasteiger partial charge is 0.493 e. The molecule has 0 spiro atoms. The van der Waals surface area contributed by atoms with Crippen molar-refractivity contribution < 1.29 is 19.1 Å². The molecule has 140 valence electrons. The van der Waals surface area contributed by atoms with Crippen molar-refractivity contribution in [1.29, 1.82) is 0 Å². The van der Waals surface area contributed by atoms with Crippen LogP contribution >= 0.6 is 0 Å². The van der Waals surface area contributed by atoms with Crippen molar-refractivity contribution in [3.05, 3.63) is 53.1 Å². The third-order valence-corrected chi connectivity index (χ3v) is 4.46. The molecule has 1 aliphatic heterocycles. The van der Waals surface area contributed by atoms with Gasteiger partial charge in [0.2, 0.25) is 5.91 Å². The molecular formula is C21H22N2O4. The zero-order chi connectivity index (χ0) is 19.4. The van der Waals surface area contributed by atoms with Gasteiger partial charge in [-0.2, -0.15) is 0 Å². The zero-order valence-electron chi connectivity index (χ0n) is 15.7. The van der Waals surface area contributed by atoms with Crippen LogP contribution < -0.4 is 14.8 Å². The van der Waals surface area contributed by atoms with Gasteiger partial charge in [0.05, 0.1) is 26.4 Å². The van der Waals surface area contributed by atoms with E-state index in [1.165, 1.54) is 6.92 Å². The summed E-state index contributed by atoms with van der Waals surface area (Å²) in [6.45, 7) is 2.09. The van der Waals surface area contributed by atoms with Gasteiger partial charge in [0.15, 0.2) is 17.3 Å². The Labute approximate surface area is 158 Å². The standard InChI is InChI=1S/C21H22N2O4/c1-13(24)23-16-6-4-14(5-7-16)19(25)12-18-17-11-21(27-3)20(26-2)10-15(17)8-9-22-18/h4-7,10-11H,8-9,12H2,1-3H3,(H,23,24). The number of rotatable bonds is 6. The van der Waals surface area contributed by atoms with Crippen LogP contribution in [0.1, 0.15) is 34.8 Å². The number of nitrogens with zero attached hydrogens (tertiary/aromatic N) is 1. The lowest BCUT2D eigenvalue weighted by Crippen LogP contribution is -2.17. The Kier molecular flexibility index (Phi) is 5.54. The van der Waals surface area contributed by atoms with E-state index in [1.54, 1.807) is 38.5 Å². The SMILES string of the molecule is COc1cc2c(cc1OC)C(CC(=O)c1ccc(NC(C)=O)cc1)=NCC2. The van der Waals surface area contributed by atoms with Crippen molar-refractivity contribution in [3.8, 4) is 11.5 Å². The van der Waals surface area contributed by atoms with Crippen LogP contribution in [0.3, 0.4) is 0 Å². The van der Waals surface area contributed by atoms with Crippen molar-refractivity contribution in [2.75, 3.05) is 26.1 Å². The van der Waals surface area contributed by atoms with E-state index in [0.29, 0.717) is 29.3 Å². The summed E-state index contributed by atoms with van der Waals surface area (Å²) >= 11 is 0. The first-order chi connectivity index (χ1) is 13.0. The minimum atomic E-state index is -0.147. The topological polar surface area (TPSA) is 77.0 Å². The number of Topliss-reactive ketones (excluding diaryl/α,β-unsaturated/α-hetero) is 1. The van der Waals surface area contributed by atoms with Crippen molar-refractivity contribution in [2.45, 2.75) is 19.8 Å². The Hall–Kier alpha value is -3.15. The fourth-order valence-corrected chi connectivity index (χ4v) is 3.14. The van der Waals surface area contributed by atoms with E-state index in [0.717, 1.165) is 23.3 Å². The Bertz CT molecular complexity index is 901. The molecule has 3 rings (SSSR count). The molecule has 0 atom stereocenters. The zero-order valence-corrected chi connectivity index (χ0v) is 15.7. The third-order valence-electron chi connectivity index (χ3n) is 4.46. The number of carbonyl (C=O) groups is 2. The lowest BCUT2D eigenvalue weighted by Gasteiger charge is -2.19. The molecule has 1 heterocycles. The number of fused-ring (bicyclic) bond motifs is 1. The molecule has 27 heavy (non-hydrogen) atoms. The predicted molar refractivity (Wildman–Crippen MR) is 104 cm³/mol. The molecule has 0 saturated heterocycles. The van der Waals surface area contributed by atoms with E-state index in [9.17, 15) is 9.59 Å². The van der Waals surface area contributed by atoms with Gasteiger partial charge in [-0.25, -0.2) is 0 Å². The molecule has 2 aromatic rings. The highest BCUT2D eigenvalue weighted by Gasteiger charge is 2.21. The summed E-state index contributed by atoms with van der Waals surface area (Å²) in [4.78, 5) is 28.4. The average molecular weight is 366 g/mol. The Balaban J connectivity index is 1.81. The molecule has 1 aliphatic rings.